The molecule has 1 saturated heterocycles. The lowest BCUT2D eigenvalue weighted by molar-refractivity contribution is 0.0949. The molecule has 0 saturated carbocycles. The SMILES string of the molecule is COc1ccc(CCNC(=O)c2cc(N3CCCCC3)ncn2)cc1OC. The van der Waals surface area contributed by atoms with E-state index in [1.54, 1.807) is 20.3 Å². The second kappa shape index (κ2) is 9.21. The summed E-state index contributed by atoms with van der Waals surface area (Å²) in [6.07, 6.45) is 5.74. The normalized spacial score (nSPS) is 13.9. The van der Waals surface area contributed by atoms with Crippen LogP contribution < -0.4 is 19.7 Å². The lowest BCUT2D eigenvalue weighted by Crippen LogP contribution is -2.31. The van der Waals surface area contributed by atoms with Crippen LogP contribution in [0.2, 0.25) is 0 Å². The van der Waals surface area contributed by atoms with Gasteiger partial charge in [-0.3, -0.25) is 4.79 Å². The zero-order valence-corrected chi connectivity index (χ0v) is 15.9. The summed E-state index contributed by atoms with van der Waals surface area (Å²) >= 11 is 0. The van der Waals surface area contributed by atoms with Crippen molar-refractivity contribution in [3.05, 3.63) is 41.9 Å². The summed E-state index contributed by atoms with van der Waals surface area (Å²) in [4.78, 5) is 23.1. The molecule has 2 heterocycles. The van der Waals surface area contributed by atoms with Crippen molar-refractivity contribution in [1.82, 2.24) is 15.3 Å². The maximum Gasteiger partial charge on any atom is 0.270 e. The summed E-state index contributed by atoms with van der Waals surface area (Å²) in [5, 5.41) is 2.92. The number of methoxy groups -OCH3 is 2. The van der Waals surface area contributed by atoms with Gasteiger partial charge in [0, 0.05) is 25.7 Å². The molecule has 1 amide bonds. The van der Waals surface area contributed by atoms with Gasteiger partial charge in [-0.1, -0.05) is 6.07 Å². The average molecular weight is 370 g/mol. The smallest absolute Gasteiger partial charge is 0.270 e. The van der Waals surface area contributed by atoms with Crippen LogP contribution in [0.5, 0.6) is 11.5 Å². The van der Waals surface area contributed by atoms with Crippen LogP contribution in [0.1, 0.15) is 35.3 Å². The molecule has 0 atom stereocenters. The maximum absolute atomic E-state index is 12.4. The summed E-state index contributed by atoms with van der Waals surface area (Å²) < 4.78 is 10.6. The highest BCUT2D eigenvalue weighted by atomic mass is 16.5. The van der Waals surface area contributed by atoms with Gasteiger partial charge in [-0.25, -0.2) is 9.97 Å². The standard InChI is InChI=1S/C20H26N4O3/c1-26-17-7-6-15(12-18(17)27-2)8-9-21-20(25)16-13-19(23-14-22-16)24-10-4-3-5-11-24/h6-7,12-14H,3-5,8-11H2,1-2H3,(H,21,25). The Kier molecular flexibility index (Phi) is 6.46. The Hall–Kier alpha value is -2.83. The average Bonchev–Trinajstić information content (AvgIpc) is 2.74. The fourth-order valence-electron chi connectivity index (χ4n) is 3.21. The van der Waals surface area contributed by atoms with E-state index in [1.807, 2.05) is 18.2 Å². The van der Waals surface area contributed by atoms with E-state index in [0.717, 1.165) is 37.3 Å². The lowest BCUT2D eigenvalue weighted by atomic mass is 10.1. The summed E-state index contributed by atoms with van der Waals surface area (Å²) in [6.45, 7) is 2.48. The van der Waals surface area contributed by atoms with Crippen molar-refractivity contribution in [2.24, 2.45) is 0 Å². The number of benzene rings is 1. The van der Waals surface area contributed by atoms with Crippen molar-refractivity contribution < 1.29 is 14.3 Å². The molecule has 1 fully saturated rings. The number of hydrogen-bond acceptors (Lipinski definition) is 6. The first-order valence-corrected chi connectivity index (χ1v) is 9.27. The fourth-order valence-corrected chi connectivity index (χ4v) is 3.21. The van der Waals surface area contributed by atoms with E-state index >= 15 is 0 Å². The number of carbonyl (C=O) groups is 1. The van der Waals surface area contributed by atoms with Crippen molar-refractivity contribution in [2.45, 2.75) is 25.7 Å². The zero-order valence-electron chi connectivity index (χ0n) is 15.9. The highest BCUT2D eigenvalue weighted by molar-refractivity contribution is 5.92. The van der Waals surface area contributed by atoms with E-state index in [2.05, 4.69) is 20.2 Å². The van der Waals surface area contributed by atoms with Crippen molar-refractivity contribution in [3.63, 3.8) is 0 Å². The van der Waals surface area contributed by atoms with Gasteiger partial charge >= 0.3 is 0 Å². The molecule has 0 bridgehead atoms. The van der Waals surface area contributed by atoms with Gasteiger partial charge in [0.2, 0.25) is 0 Å². The topological polar surface area (TPSA) is 76.6 Å². The van der Waals surface area contributed by atoms with Crippen LogP contribution in [-0.4, -0.2) is 49.7 Å². The van der Waals surface area contributed by atoms with Crippen molar-refractivity contribution in [2.75, 3.05) is 38.8 Å². The predicted octanol–water partition coefficient (Wildman–Crippen LogP) is 2.46. The van der Waals surface area contributed by atoms with Gasteiger partial charge in [-0.05, 0) is 43.4 Å². The number of ether oxygens (including phenoxy) is 2. The van der Waals surface area contributed by atoms with E-state index in [0.29, 0.717) is 30.2 Å². The summed E-state index contributed by atoms with van der Waals surface area (Å²) in [5.41, 5.74) is 1.46. The number of nitrogens with one attached hydrogen (secondary N) is 1. The number of amides is 1. The monoisotopic (exact) mass is 370 g/mol. The van der Waals surface area contributed by atoms with E-state index in [4.69, 9.17) is 9.47 Å². The molecular weight excluding hydrogens is 344 g/mol. The van der Waals surface area contributed by atoms with Crippen molar-refractivity contribution in [1.29, 1.82) is 0 Å². The molecule has 0 aliphatic carbocycles. The molecule has 1 aromatic carbocycles. The summed E-state index contributed by atoms with van der Waals surface area (Å²) in [6, 6.07) is 7.53. The molecule has 27 heavy (non-hydrogen) atoms. The number of piperidine rings is 1. The molecule has 3 rings (SSSR count). The highest BCUT2D eigenvalue weighted by Crippen LogP contribution is 2.27. The van der Waals surface area contributed by atoms with E-state index in [9.17, 15) is 4.79 Å². The summed E-state index contributed by atoms with van der Waals surface area (Å²) in [5.74, 6) is 2.02. The molecular formula is C20H26N4O3. The Morgan fingerprint density at radius 2 is 1.85 bits per heavy atom. The number of aromatic nitrogens is 2. The van der Waals surface area contributed by atoms with Gasteiger partial charge in [-0.2, -0.15) is 0 Å². The Balaban J connectivity index is 1.56. The number of hydrogen-bond donors (Lipinski definition) is 1. The minimum absolute atomic E-state index is 0.184. The predicted molar refractivity (Wildman–Crippen MR) is 104 cm³/mol. The van der Waals surface area contributed by atoms with Crippen molar-refractivity contribution in [3.8, 4) is 11.5 Å². The van der Waals surface area contributed by atoms with E-state index < -0.39 is 0 Å². The molecule has 1 aliphatic rings. The highest BCUT2D eigenvalue weighted by Gasteiger charge is 2.15. The molecule has 2 aromatic rings. The summed E-state index contributed by atoms with van der Waals surface area (Å²) in [7, 11) is 3.22. The van der Waals surface area contributed by atoms with E-state index in [1.165, 1.54) is 12.7 Å². The number of nitrogens with zero attached hydrogens (tertiary/aromatic N) is 3. The maximum atomic E-state index is 12.4. The molecule has 7 nitrogen and oxygen atoms in total. The number of rotatable bonds is 7. The van der Waals surface area contributed by atoms with Gasteiger partial charge in [0.15, 0.2) is 11.5 Å². The van der Waals surface area contributed by atoms with Gasteiger partial charge in [0.05, 0.1) is 14.2 Å². The third-order valence-corrected chi connectivity index (χ3v) is 4.71. The molecule has 7 heteroatoms. The third-order valence-electron chi connectivity index (χ3n) is 4.71. The quantitative estimate of drug-likeness (QED) is 0.807. The molecule has 1 aliphatic heterocycles. The van der Waals surface area contributed by atoms with Crippen LogP contribution in [0, 0.1) is 0 Å². The lowest BCUT2D eigenvalue weighted by Gasteiger charge is -2.27. The van der Waals surface area contributed by atoms with Gasteiger partial charge < -0.3 is 19.7 Å². The molecule has 0 unspecified atom stereocenters. The van der Waals surface area contributed by atoms with Gasteiger partial charge in [0.1, 0.15) is 17.8 Å². The third kappa shape index (κ3) is 4.87. The number of anilines is 1. The van der Waals surface area contributed by atoms with Crippen LogP contribution in [0.15, 0.2) is 30.6 Å². The Morgan fingerprint density at radius 3 is 2.59 bits per heavy atom. The van der Waals surface area contributed by atoms with Crippen molar-refractivity contribution >= 4 is 11.7 Å². The fraction of sp³-hybridized carbons (Fsp3) is 0.450. The second-order valence-electron chi connectivity index (χ2n) is 6.50. The number of carbonyl (C=O) groups excluding carboxylic acids is 1. The Labute approximate surface area is 159 Å². The zero-order chi connectivity index (χ0) is 19.1. The van der Waals surface area contributed by atoms with Crippen LogP contribution in [0.4, 0.5) is 5.82 Å². The van der Waals surface area contributed by atoms with Crippen LogP contribution >= 0.6 is 0 Å². The van der Waals surface area contributed by atoms with Crippen LogP contribution in [0.25, 0.3) is 0 Å². The van der Waals surface area contributed by atoms with E-state index in [-0.39, 0.29) is 5.91 Å². The van der Waals surface area contributed by atoms with Crippen LogP contribution in [-0.2, 0) is 6.42 Å². The first kappa shape index (κ1) is 18.9. The Morgan fingerprint density at radius 1 is 1.07 bits per heavy atom. The molecule has 144 valence electrons. The molecule has 1 N–H and O–H groups in total. The first-order chi connectivity index (χ1) is 13.2. The minimum Gasteiger partial charge on any atom is -0.493 e. The second-order valence-corrected chi connectivity index (χ2v) is 6.50. The molecule has 0 spiro atoms. The molecule has 1 aromatic heterocycles. The van der Waals surface area contributed by atoms with Gasteiger partial charge in [0.25, 0.3) is 5.91 Å². The van der Waals surface area contributed by atoms with Gasteiger partial charge in [-0.15, -0.1) is 0 Å². The van der Waals surface area contributed by atoms with Crippen LogP contribution in [0.3, 0.4) is 0 Å². The first-order valence-electron chi connectivity index (χ1n) is 9.27. The molecule has 0 radical (unpaired) electrons. The largest absolute Gasteiger partial charge is 0.493 e. The Bertz CT molecular complexity index is 776. The minimum atomic E-state index is -0.184.